The fraction of sp³-hybridized carbons (Fsp3) is 0.105. The zero-order valence-corrected chi connectivity index (χ0v) is 13.3. The molecule has 0 aliphatic carbocycles. The predicted octanol–water partition coefficient (Wildman–Crippen LogP) is 3.51. The third kappa shape index (κ3) is 4.16. The molecule has 24 heavy (non-hydrogen) atoms. The molecule has 5 nitrogen and oxygen atoms in total. The number of carbonyl (C=O) groups is 1. The first kappa shape index (κ1) is 15.7. The quantitative estimate of drug-likeness (QED) is 0.781. The van der Waals surface area contributed by atoms with Crippen LogP contribution in [0, 0.1) is 6.92 Å². The number of aromatic nitrogens is 2. The van der Waals surface area contributed by atoms with Gasteiger partial charge in [-0.15, -0.1) is 0 Å². The van der Waals surface area contributed by atoms with E-state index in [0.29, 0.717) is 17.9 Å². The van der Waals surface area contributed by atoms with Gasteiger partial charge in [0.1, 0.15) is 17.8 Å². The van der Waals surface area contributed by atoms with E-state index in [9.17, 15) is 4.79 Å². The third-order valence-electron chi connectivity index (χ3n) is 3.39. The topological polar surface area (TPSA) is 64.1 Å². The number of amides is 1. The fourth-order valence-electron chi connectivity index (χ4n) is 2.18. The number of carbonyl (C=O) groups excluding carboxylic acids is 1. The van der Waals surface area contributed by atoms with E-state index in [4.69, 9.17) is 4.74 Å². The second kappa shape index (κ2) is 7.37. The van der Waals surface area contributed by atoms with Crippen molar-refractivity contribution in [2.75, 3.05) is 0 Å². The summed E-state index contributed by atoms with van der Waals surface area (Å²) in [5, 5.41) is 2.84. The summed E-state index contributed by atoms with van der Waals surface area (Å²) in [7, 11) is 0. The van der Waals surface area contributed by atoms with Gasteiger partial charge in [-0.25, -0.2) is 9.97 Å². The van der Waals surface area contributed by atoms with Crippen molar-refractivity contribution in [3.05, 3.63) is 83.9 Å². The molecule has 0 atom stereocenters. The zero-order chi connectivity index (χ0) is 16.8. The standard InChI is InChI=1S/C19H17N3O2/c1-14-11-16(22-13-21-14)12-20-19(23)15-7-9-18(10-8-15)24-17-5-3-2-4-6-17/h2-11,13H,12H2,1H3,(H,20,23). The van der Waals surface area contributed by atoms with E-state index in [0.717, 1.165) is 17.1 Å². The molecule has 0 saturated carbocycles. The lowest BCUT2D eigenvalue weighted by Gasteiger charge is -2.07. The smallest absolute Gasteiger partial charge is 0.251 e. The molecule has 120 valence electrons. The Bertz CT molecular complexity index is 818. The monoisotopic (exact) mass is 319 g/mol. The van der Waals surface area contributed by atoms with Crippen LogP contribution in [0.5, 0.6) is 11.5 Å². The second-order valence-electron chi connectivity index (χ2n) is 5.27. The number of hydrogen-bond acceptors (Lipinski definition) is 4. The van der Waals surface area contributed by atoms with E-state index in [2.05, 4.69) is 15.3 Å². The minimum Gasteiger partial charge on any atom is -0.457 e. The number of rotatable bonds is 5. The van der Waals surface area contributed by atoms with Crippen molar-refractivity contribution in [3.8, 4) is 11.5 Å². The maximum Gasteiger partial charge on any atom is 0.251 e. The average Bonchev–Trinajstić information content (AvgIpc) is 2.61. The van der Waals surface area contributed by atoms with Crippen molar-refractivity contribution in [2.24, 2.45) is 0 Å². The van der Waals surface area contributed by atoms with Gasteiger partial charge < -0.3 is 10.1 Å². The molecular formula is C19H17N3O2. The number of nitrogens with one attached hydrogen (secondary N) is 1. The van der Waals surface area contributed by atoms with Gasteiger partial charge in [0.15, 0.2) is 0 Å². The highest BCUT2D eigenvalue weighted by molar-refractivity contribution is 5.94. The maximum atomic E-state index is 12.2. The number of nitrogens with zero attached hydrogens (tertiary/aromatic N) is 2. The number of hydrogen-bond donors (Lipinski definition) is 1. The molecule has 5 heteroatoms. The van der Waals surface area contributed by atoms with Crippen molar-refractivity contribution in [3.63, 3.8) is 0 Å². The van der Waals surface area contributed by atoms with E-state index in [-0.39, 0.29) is 5.91 Å². The highest BCUT2D eigenvalue weighted by Crippen LogP contribution is 2.21. The molecule has 1 N–H and O–H groups in total. The first-order chi connectivity index (χ1) is 11.7. The van der Waals surface area contributed by atoms with Crippen molar-refractivity contribution in [1.82, 2.24) is 15.3 Å². The normalized spacial score (nSPS) is 10.2. The molecule has 0 unspecified atom stereocenters. The molecule has 1 aromatic heterocycles. The van der Waals surface area contributed by atoms with Gasteiger partial charge in [0, 0.05) is 11.3 Å². The summed E-state index contributed by atoms with van der Waals surface area (Å²) >= 11 is 0. The van der Waals surface area contributed by atoms with Crippen molar-refractivity contribution in [2.45, 2.75) is 13.5 Å². The number of ether oxygens (including phenoxy) is 1. The Balaban J connectivity index is 1.59. The van der Waals surface area contributed by atoms with E-state index in [1.165, 1.54) is 6.33 Å². The van der Waals surface area contributed by atoms with Gasteiger partial charge in [0.2, 0.25) is 0 Å². The molecule has 3 rings (SSSR count). The summed E-state index contributed by atoms with van der Waals surface area (Å²) in [5.41, 5.74) is 2.22. The molecule has 1 amide bonds. The minimum absolute atomic E-state index is 0.155. The number of benzene rings is 2. The average molecular weight is 319 g/mol. The Hall–Kier alpha value is -3.21. The summed E-state index contributed by atoms with van der Waals surface area (Å²) in [6.07, 6.45) is 1.49. The molecule has 0 aliphatic heterocycles. The molecule has 0 spiro atoms. The Morgan fingerprint density at radius 1 is 1.00 bits per heavy atom. The highest BCUT2D eigenvalue weighted by Gasteiger charge is 2.06. The van der Waals surface area contributed by atoms with Gasteiger partial charge in [-0.2, -0.15) is 0 Å². The molecule has 0 radical (unpaired) electrons. The third-order valence-corrected chi connectivity index (χ3v) is 3.39. The molecular weight excluding hydrogens is 302 g/mol. The summed E-state index contributed by atoms with van der Waals surface area (Å²) < 4.78 is 5.71. The van der Waals surface area contributed by atoms with Crippen LogP contribution in [-0.2, 0) is 6.54 Å². The van der Waals surface area contributed by atoms with Gasteiger partial charge in [-0.05, 0) is 49.4 Å². The van der Waals surface area contributed by atoms with Crippen LogP contribution in [0.1, 0.15) is 21.7 Å². The lowest BCUT2D eigenvalue weighted by molar-refractivity contribution is 0.0950. The van der Waals surface area contributed by atoms with Crippen molar-refractivity contribution < 1.29 is 9.53 Å². The summed E-state index contributed by atoms with van der Waals surface area (Å²) in [6.45, 7) is 2.25. The predicted molar refractivity (Wildman–Crippen MR) is 90.9 cm³/mol. The zero-order valence-electron chi connectivity index (χ0n) is 13.3. The van der Waals surface area contributed by atoms with E-state index < -0.39 is 0 Å². The van der Waals surface area contributed by atoms with E-state index >= 15 is 0 Å². The van der Waals surface area contributed by atoms with Crippen LogP contribution in [0.15, 0.2) is 67.0 Å². The molecule has 1 heterocycles. The van der Waals surface area contributed by atoms with Gasteiger partial charge in [0.05, 0.1) is 12.2 Å². The Kier molecular flexibility index (Phi) is 4.81. The van der Waals surface area contributed by atoms with Crippen LogP contribution >= 0.6 is 0 Å². The summed E-state index contributed by atoms with van der Waals surface area (Å²) in [4.78, 5) is 20.3. The SMILES string of the molecule is Cc1cc(CNC(=O)c2ccc(Oc3ccccc3)cc2)ncn1. The van der Waals surface area contributed by atoms with Crippen LogP contribution in [-0.4, -0.2) is 15.9 Å². The number of para-hydroxylation sites is 1. The lowest BCUT2D eigenvalue weighted by atomic mass is 10.2. The number of aryl methyl sites for hydroxylation is 1. The Labute approximate surface area is 140 Å². The van der Waals surface area contributed by atoms with Crippen LogP contribution in [0.4, 0.5) is 0 Å². The molecule has 0 aliphatic rings. The van der Waals surface area contributed by atoms with Crippen LogP contribution in [0.25, 0.3) is 0 Å². The van der Waals surface area contributed by atoms with Gasteiger partial charge in [-0.3, -0.25) is 4.79 Å². The fourth-order valence-corrected chi connectivity index (χ4v) is 2.18. The van der Waals surface area contributed by atoms with Crippen molar-refractivity contribution >= 4 is 5.91 Å². The van der Waals surface area contributed by atoms with E-state index in [1.807, 2.05) is 43.3 Å². The molecule has 2 aromatic carbocycles. The van der Waals surface area contributed by atoms with Crippen LogP contribution in [0.3, 0.4) is 0 Å². The van der Waals surface area contributed by atoms with E-state index in [1.54, 1.807) is 24.3 Å². The lowest BCUT2D eigenvalue weighted by Crippen LogP contribution is -2.23. The Morgan fingerprint density at radius 2 is 1.71 bits per heavy atom. The highest BCUT2D eigenvalue weighted by atomic mass is 16.5. The molecule has 0 bridgehead atoms. The summed E-state index contributed by atoms with van der Waals surface area (Å²) in [6, 6.07) is 18.4. The first-order valence-electron chi connectivity index (χ1n) is 7.59. The molecule has 0 fully saturated rings. The van der Waals surface area contributed by atoms with Crippen LogP contribution in [0.2, 0.25) is 0 Å². The molecule has 3 aromatic rings. The first-order valence-corrected chi connectivity index (χ1v) is 7.59. The van der Waals surface area contributed by atoms with Gasteiger partial charge in [-0.1, -0.05) is 18.2 Å². The largest absolute Gasteiger partial charge is 0.457 e. The second-order valence-corrected chi connectivity index (χ2v) is 5.27. The minimum atomic E-state index is -0.155. The van der Waals surface area contributed by atoms with Crippen molar-refractivity contribution in [1.29, 1.82) is 0 Å². The summed E-state index contributed by atoms with van der Waals surface area (Å²) in [5.74, 6) is 1.29. The maximum absolute atomic E-state index is 12.2. The Morgan fingerprint density at radius 3 is 2.42 bits per heavy atom. The van der Waals surface area contributed by atoms with Crippen LogP contribution < -0.4 is 10.1 Å². The molecule has 0 saturated heterocycles. The van der Waals surface area contributed by atoms with Gasteiger partial charge >= 0.3 is 0 Å². The van der Waals surface area contributed by atoms with Gasteiger partial charge in [0.25, 0.3) is 5.91 Å².